The van der Waals surface area contributed by atoms with Crippen LogP contribution in [-0.2, 0) is 16.6 Å². The first kappa shape index (κ1) is 12.8. The van der Waals surface area contributed by atoms with E-state index in [1.807, 2.05) is 0 Å². The Morgan fingerprint density at radius 2 is 1.67 bits per heavy atom. The van der Waals surface area contributed by atoms with Crippen LogP contribution in [0.1, 0.15) is 5.56 Å². The average Bonchev–Trinajstić information content (AvgIpc) is 2.32. The summed E-state index contributed by atoms with van der Waals surface area (Å²) in [5, 5.41) is 0. The van der Waals surface area contributed by atoms with Crippen molar-refractivity contribution in [3.63, 3.8) is 0 Å². The first-order chi connectivity index (χ1) is 8.56. The third-order valence-electron chi connectivity index (χ3n) is 2.36. The number of halogens is 3. The van der Waals surface area contributed by atoms with Crippen molar-refractivity contribution >= 4 is 10.8 Å². The smallest absolute Gasteiger partial charge is 0.130 e. The zero-order valence-corrected chi connectivity index (χ0v) is 10.0. The van der Waals surface area contributed by atoms with Crippen LogP contribution in [0.2, 0.25) is 0 Å². The van der Waals surface area contributed by atoms with Crippen LogP contribution in [0.4, 0.5) is 13.2 Å². The van der Waals surface area contributed by atoms with Crippen molar-refractivity contribution in [3.05, 3.63) is 65.5 Å². The van der Waals surface area contributed by atoms with E-state index in [2.05, 4.69) is 0 Å². The Balaban J connectivity index is 2.21. The predicted octanol–water partition coefficient (Wildman–Crippen LogP) is 3.41. The summed E-state index contributed by atoms with van der Waals surface area (Å²) in [6, 6.07) is 8.38. The number of benzene rings is 2. The van der Waals surface area contributed by atoms with Crippen LogP contribution < -0.4 is 0 Å². The molecule has 1 atom stereocenters. The largest absolute Gasteiger partial charge is 0.254 e. The van der Waals surface area contributed by atoms with E-state index in [1.165, 1.54) is 24.3 Å². The molecule has 1 nitrogen and oxygen atoms in total. The summed E-state index contributed by atoms with van der Waals surface area (Å²) >= 11 is 0. The minimum absolute atomic E-state index is 0.116. The van der Waals surface area contributed by atoms with Gasteiger partial charge in [-0.25, -0.2) is 13.2 Å². The van der Waals surface area contributed by atoms with Crippen molar-refractivity contribution < 1.29 is 17.4 Å². The van der Waals surface area contributed by atoms with Gasteiger partial charge >= 0.3 is 0 Å². The van der Waals surface area contributed by atoms with Crippen molar-refractivity contribution in [1.82, 2.24) is 0 Å². The maximum atomic E-state index is 13.4. The SMILES string of the molecule is O=S(Cc1ccc(F)cc1F)c1cccc(F)c1. The molecule has 0 bridgehead atoms. The highest BCUT2D eigenvalue weighted by Crippen LogP contribution is 2.16. The van der Waals surface area contributed by atoms with Gasteiger partial charge in [-0.2, -0.15) is 0 Å². The van der Waals surface area contributed by atoms with Crippen LogP contribution in [0.25, 0.3) is 0 Å². The van der Waals surface area contributed by atoms with Gasteiger partial charge in [0.25, 0.3) is 0 Å². The summed E-state index contributed by atoms with van der Waals surface area (Å²) in [5.74, 6) is -2.05. The normalized spacial score (nSPS) is 12.4. The maximum absolute atomic E-state index is 13.4. The molecule has 0 aromatic heterocycles. The van der Waals surface area contributed by atoms with E-state index in [9.17, 15) is 17.4 Å². The minimum Gasteiger partial charge on any atom is -0.254 e. The monoisotopic (exact) mass is 270 g/mol. The van der Waals surface area contributed by atoms with Crippen molar-refractivity contribution in [2.45, 2.75) is 10.6 Å². The fraction of sp³-hybridized carbons (Fsp3) is 0.0769. The highest BCUT2D eigenvalue weighted by atomic mass is 32.2. The zero-order valence-electron chi connectivity index (χ0n) is 9.20. The summed E-state index contributed by atoms with van der Waals surface area (Å²) in [7, 11) is -1.56. The van der Waals surface area contributed by atoms with Crippen molar-refractivity contribution in [1.29, 1.82) is 0 Å². The van der Waals surface area contributed by atoms with Gasteiger partial charge in [0.05, 0.1) is 16.6 Å². The molecule has 0 aliphatic heterocycles. The van der Waals surface area contributed by atoms with Crippen molar-refractivity contribution in [3.8, 4) is 0 Å². The topological polar surface area (TPSA) is 17.1 Å². The Hall–Kier alpha value is -1.62. The number of hydrogen-bond acceptors (Lipinski definition) is 1. The molecule has 2 aromatic rings. The van der Waals surface area contributed by atoms with Gasteiger partial charge in [0.2, 0.25) is 0 Å². The average molecular weight is 270 g/mol. The van der Waals surface area contributed by atoms with E-state index in [4.69, 9.17) is 0 Å². The van der Waals surface area contributed by atoms with E-state index in [0.717, 1.165) is 18.2 Å². The lowest BCUT2D eigenvalue weighted by atomic mass is 10.2. The van der Waals surface area contributed by atoms with Gasteiger partial charge in [-0.15, -0.1) is 0 Å². The number of rotatable bonds is 3. The first-order valence-corrected chi connectivity index (χ1v) is 6.46. The summed E-state index contributed by atoms with van der Waals surface area (Å²) in [5.41, 5.74) is 0.138. The summed E-state index contributed by atoms with van der Waals surface area (Å²) in [6.45, 7) is 0. The second-order valence-electron chi connectivity index (χ2n) is 3.68. The Labute approximate surface area is 105 Å². The summed E-state index contributed by atoms with van der Waals surface area (Å²) in [4.78, 5) is 0.277. The van der Waals surface area contributed by atoms with E-state index < -0.39 is 28.3 Å². The predicted molar refractivity (Wildman–Crippen MR) is 62.9 cm³/mol. The maximum Gasteiger partial charge on any atom is 0.130 e. The molecule has 0 aliphatic carbocycles. The van der Waals surface area contributed by atoms with E-state index in [0.29, 0.717) is 0 Å². The van der Waals surface area contributed by atoms with Crippen LogP contribution in [0.5, 0.6) is 0 Å². The van der Waals surface area contributed by atoms with Crippen molar-refractivity contribution in [2.75, 3.05) is 0 Å². The van der Waals surface area contributed by atoms with E-state index >= 15 is 0 Å². The highest BCUT2D eigenvalue weighted by Gasteiger charge is 2.10. The van der Waals surface area contributed by atoms with Gasteiger partial charge in [0, 0.05) is 16.5 Å². The van der Waals surface area contributed by atoms with Gasteiger partial charge in [-0.1, -0.05) is 12.1 Å². The summed E-state index contributed by atoms with van der Waals surface area (Å²) in [6.07, 6.45) is 0. The molecular formula is C13H9F3OS. The lowest BCUT2D eigenvalue weighted by Gasteiger charge is -2.04. The Bertz CT molecular complexity index is 599. The molecule has 18 heavy (non-hydrogen) atoms. The second-order valence-corrected chi connectivity index (χ2v) is 5.13. The Kier molecular flexibility index (Phi) is 3.81. The van der Waals surface area contributed by atoms with Gasteiger partial charge in [0.15, 0.2) is 0 Å². The first-order valence-electron chi connectivity index (χ1n) is 5.14. The third-order valence-corrected chi connectivity index (χ3v) is 3.71. The molecule has 94 valence electrons. The highest BCUT2D eigenvalue weighted by molar-refractivity contribution is 7.84. The van der Waals surface area contributed by atoms with Crippen LogP contribution in [0, 0.1) is 17.5 Å². The molecule has 0 heterocycles. The lowest BCUT2D eigenvalue weighted by molar-refractivity contribution is 0.575. The molecule has 0 radical (unpaired) electrons. The molecule has 0 saturated heterocycles. The van der Waals surface area contributed by atoms with E-state index in [1.54, 1.807) is 0 Å². The van der Waals surface area contributed by atoms with Gasteiger partial charge in [-0.3, -0.25) is 4.21 Å². The molecule has 0 fully saturated rings. The number of hydrogen-bond donors (Lipinski definition) is 0. The van der Waals surface area contributed by atoms with Crippen LogP contribution >= 0.6 is 0 Å². The second kappa shape index (κ2) is 5.35. The van der Waals surface area contributed by atoms with Crippen LogP contribution in [0.15, 0.2) is 47.4 Å². The molecule has 5 heteroatoms. The summed E-state index contributed by atoms with van der Waals surface area (Å²) < 4.78 is 50.9. The quantitative estimate of drug-likeness (QED) is 0.835. The zero-order chi connectivity index (χ0) is 13.1. The fourth-order valence-electron chi connectivity index (χ4n) is 1.47. The minimum atomic E-state index is -1.56. The van der Waals surface area contributed by atoms with Gasteiger partial charge in [0.1, 0.15) is 17.5 Å². The van der Waals surface area contributed by atoms with Gasteiger partial charge < -0.3 is 0 Å². The molecule has 0 aliphatic rings. The van der Waals surface area contributed by atoms with E-state index in [-0.39, 0.29) is 16.2 Å². The Morgan fingerprint density at radius 1 is 0.944 bits per heavy atom. The lowest BCUT2D eigenvalue weighted by Crippen LogP contribution is -2.00. The molecule has 2 aromatic carbocycles. The molecule has 0 spiro atoms. The molecule has 0 N–H and O–H groups in total. The Morgan fingerprint density at radius 3 is 2.33 bits per heavy atom. The molecule has 0 saturated carbocycles. The standard InChI is InChI=1S/C13H9F3OS/c14-10-2-1-3-12(6-10)18(17)8-9-4-5-11(15)7-13(9)16/h1-7H,8H2. The third kappa shape index (κ3) is 2.98. The van der Waals surface area contributed by atoms with Crippen molar-refractivity contribution in [2.24, 2.45) is 0 Å². The molecule has 1 unspecified atom stereocenters. The van der Waals surface area contributed by atoms with Crippen LogP contribution in [-0.4, -0.2) is 4.21 Å². The molecule has 2 rings (SSSR count). The fourth-order valence-corrected chi connectivity index (χ4v) is 2.63. The molecule has 0 amide bonds. The van der Waals surface area contributed by atoms with Crippen LogP contribution in [0.3, 0.4) is 0 Å². The van der Waals surface area contributed by atoms with Gasteiger partial charge in [-0.05, 0) is 24.3 Å². The molecular weight excluding hydrogens is 261 g/mol.